The first kappa shape index (κ1) is 20.7. The Morgan fingerprint density at radius 3 is 2.47 bits per heavy atom. The van der Waals surface area contributed by atoms with Crippen molar-refractivity contribution in [3.05, 3.63) is 35.1 Å². The minimum Gasteiger partial charge on any atom is -0.294 e. The lowest BCUT2D eigenvalue weighted by atomic mass is 9.44. The van der Waals surface area contributed by atoms with Crippen LogP contribution in [0.15, 0.2) is 18.2 Å². The monoisotopic (exact) mass is 410 g/mol. The molecule has 1 aromatic carbocycles. The van der Waals surface area contributed by atoms with E-state index < -0.39 is 0 Å². The fourth-order valence-electron chi connectivity index (χ4n) is 8.85. The van der Waals surface area contributed by atoms with Crippen molar-refractivity contribution < 1.29 is 9.18 Å². The van der Waals surface area contributed by atoms with Crippen molar-refractivity contribution >= 4 is 5.78 Å². The molecule has 0 radical (unpaired) electrons. The maximum absolute atomic E-state index is 14.2. The molecule has 1 aromatic rings. The van der Waals surface area contributed by atoms with Gasteiger partial charge >= 0.3 is 0 Å². The topological polar surface area (TPSA) is 17.1 Å². The lowest BCUT2D eigenvalue weighted by Crippen LogP contribution is -2.53. The van der Waals surface area contributed by atoms with E-state index >= 15 is 0 Å². The number of carbonyl (C=O) groups excluding carboxylic acids is 1. The third-order valence-corrected chi connectivity index (χ3v) is 10.7. The van der Waals surface area contributed by atoms with Gasteiger partial charge in [0.05, 0.1) is 0 Å². The molecule has 1 nitrogen and oxygen atoms in total. The van der Waals surface area contributed by atoms with E-state index in [4.69, 9.17) is 0 Å². The van der Waals surface area contributed by atoms with Crippen LogP contribution in [-0.4, -0.2) is 5.78 Å². The summed E-state index contributed by atoms with van der Waals surface area (Å²) in [6.07, 6.45) is 11.7. The quantitative estimate of drug-likeness (QED) is 0.458. The van der Waals surface area contributed by atoms with Gasteiger partial charge < -0.3 is 0 Å². The van der Waals surface area contributed by atoms with Crippen LogP contribution in [0.3, 0.4) is 0 Å². The smallest absolute Gasteiger partial charge is 0.166 e. The first-order chi connectivity index (χ1) is 14.2. The predicted molar refractivity (Wildman–Crippen MR) is 120 cm³/mol. The third kappa shape index (κ3) is 2.95. The van der Waals surface area contributed by atoms with Gasteiger partial charge in [-0.15, -0.1) is 0 Å². The highest BCUT2D eigenvalue weighted by Crippen LogP contribution is 2.68. The van der Waals surface area contributed by atoms with Crippen LogP contribution < -0.4 is 0 Å². The Hall–Kier alpha value is -1.18. The van der Waals surface area contributed by atoms with Crippen molar-refractivity contribution in [1.29, 1.82) is 0 Å². The van der Waals surface area contributed by atoms with Gasteiger partial charge in [-0.05, 0) is 110 Å². The van der Waals surface area contributed by atoms with Gasteiger partial charge in [-0.1, -0.05) is 39.3 Å². The molecular formula is C28H39FO. The van der Waals surface area contributed by atoms with Gasteiger partial charge in [0.1, 0.15) is 5.82 Å². The van der Waals surface area contributed by atoms with Crippen molar-refractivity contribution in [3.8, 4) is 0 Å². The number of benzene rings is 1. The predicted octanol–water partition coefficient (Wildman–Crippen LogP) is 7.61. The molecule has 0 spiro atoms. The van der Waals surface area contributed by atoms with Crippen LogP contribution in [0.25, 0.3) is 0 Å². The van der Waals surface area contributed by atoms with Gasteiger partial charge in [-0.25, -0.2) is 4.39 Å². The van der Waals surface area contributed by atoms with Crippen LogP contribution in [0.2, 0.25) is 0 Å². The lowest BCUT2D eigenvalue weighted by molar-refractivity contribution is -0.114. The van der Waals surface area contributed by atoms with Crippen LogP contribution >= 0.6 is 0 Å². The summed E-state index contributed by atoms with van der Waals surface area (Å²) < 4.78 is 14.2. The fraction of sp³-hybridized carbons (Fsp3) is 0.750. The van der Waals surface area contributed by atoms with E-state index in [1.807, 2.05) is 6.07 Å². The maximum Gasteiger partial charge on any atom is 0.166 e. The van der Waals surface area contributed by atoms with Crippen molar-refractivity contribution in [2.75, 3.05) is 0 Å². The second-order valence-corrected chi connectivity index (χ2v) is 12.0. The number of hydrogen-bond donors (Lipinski definition) is 0. The molecule has 0 aliphatic heterocycles. The Balaban J connectivity index is 1.40. The molecule has 4 aliphatic carbocycles. The van der Waals surface area contributed by atoms with Gasteiger partial charge in [0.2, 0.25) is 0 Å². The SMILES string of the molecule is Cc1ccc(C(=O)[C@H]2CCC3C4CCC5CC(C)CCC5(C)C4CCC32C)cc1F. The molecule has 164 valence electrons. The number of halogens is 1. The zero-order valence-corrected chi connectivity index (χ0v) is 19.3. The van der Waals surface area contributed by atoms with Gasteiger partial charge in [0.15, 0.2) is 5.78 Å². The summed E-state index contributed by atoms with van der Waals surface area (Å²) in [5.74, 6) is 4.17. The second kappa shape index (κ2) is 7.17. The summed E-state index contributed by atoms with van der Waals surface area (Å²) in [6.45, 7) is 9.24. The molecule has 8 atom stereocenters. The zero-order chi connectivity index (χ0) is 21.3. The van der Waals surface area contributed by atoms with Crippen LogP contribution in [0, 0.1) is 59.1 Å². The molecule has 0 aromatic heterocycles. The largest absolute Gasteiger partial charge is 0.294 e. The van der Waals surface area contributed by atoms with Gasteiger partial charge in [0, 0.05) is 11.5 Å². The molecule has 4 saturated carbocycles. The number of hydrogen-bond acceptors (Lipinski definition) is 1. The molecule has 0 heterocycles. The van der Waals surface area contributed by atoms with E-state index in [9.17, 15) is 9.18 Å². The van der Waals surface area contributed by atoms with Crippen molar-refractivity contribution in [3.63, 3.8) is 0 Å². The summed E-state index contributed by atoms with van der Waals surface area (Å²) in [5.41, 5.74) is 1.84. The molecule has 0 N–H and O–H groups in total. The summed E-state index contributed by atoms with van der Waals surface area (Å²) in [7, 11) is 0. The van der Waals surface area contributed by atoms with Gasteiger partial charge in [-0.2, -0.15) is 0 Å². The van der Waals surface area contributed by atoms with Crippen LogP contribution in [0.1, 0.15) is 94.5 Å². The van der Waals surface area contributed by atoms with E-state index in [0.29, 0.717) is 22.5 Å². The van der Waals surface area contributed by atoms with E-state index in [2.05, 4.69) is 20.8 Å². The highest BCUT2D eigenvalue weighted by atomic mass is 19.1. The number of rotatable bonds is 2. The van der Waals surface area contributed by atoms with Crippen LogP contribution in [0.4, 0.5) is 4.39 Å². The van der Waals surface area contributed by atoms with Crippen LogP contribution in [-0.2, 0) is 0 Å². The number of carbonyl (C=O) groups is 1. The highest BCUT2D eigenvalue weighted by molar-refractivity contribution is 5.98. The van der Waals surface area contributed by atoms with Gasteiger partial charge in [-0.3, -0.25) is 4.79 Å². The van der Waals surface area contributed by atoms with Crippen LogP contribution in [0.5, 0.6) is 0 Å². The number of fused-ring (bicyclic) bond motifs is 5. The van der Waals surface area contributed by atoms with Crippen molar-refractivity contribution in [1.82, 2.24) is 0 Å². The molecule has 0 bridgehead atoms. The molecule has 7 unspecified atom stereocenters. The minimum absolute atomic E-state index is 0.0717. The van der Waals surface area contributed by atoms with E-state index in [1.54, 1.807) is 13.0 Å². The number of ketones is 1. The minimum atomic E-state index is -0.248. The Morgan fingerprint density at radius 2 is 1.70 bits per heavy atom. The average molecular weight is 411 g/mol. The summed E-state index contributed by atoms with van der Waals surface area (Å²) in [4.78, 5) is 13.5. The molecular weight excluding hydrogens is 371 g/mol. The standard InChI is InChI=1S/C28H39FO/c1-17-11-13-27(3)20(15-17)7-8-21-22-9-10-24(28(22,4)14-12-23(21)27)26(30)19-6-5-18(2)25(29)16-19/h5-6,16-17,20-24H,7-15H2,1-4H3/t17?,20?,21?,22?,23?,24-,27?,28?/m1/s1. The highest BCUT2D eigenvalue weighted by Gasteiger charge is 2.61. The third-order valence-electron chi connectivity index (χ3n) is 10.7. The van der Waals surface area contributed by atoms with E-state index in [0.717, 1.165) is 30.1 Å². The normalized spacial score (nSPS) is 45.4. The Labute approximate surface area is 182 Å². The van der Waals surface area contributed by atoms with E-state index in [1.165, 1.54) is 57.4 Å². The Bertz CT molecular complexity index is 845. The maximum atomic E-state index is 14.2. The second-order valence-electron chi connectivity index (χ2n) is 12.0. The van der Waals surface area contributed by atoms with Crippen molar-refractivity contribution in [2.24, 2.45) is 46.3 Å². The Kier molecular flexibility index (Phi) is 4.95. The molecule has 0 amide bonds. The zero-order valence-electron chi connectivity index (χ0n) is 19.3. The average Bonchev–Trinajstić information content (AvgIpc) is 3.07. The first-order valence-corrected chi connectivity index (χ1v) is 12.5. The lowest BCUT2D eigenvalue weighted by Gasteiger charge is -2.61. The first-order valence-electron chi connectivity index (χ1n) is 12.5. The summed E-state index contributed by atoms with van der Waals surface area (Å²) >= 11 is 0. The fourth-order valence-corrected chi connectivity index (χ4v) is 8.85. The number of aryl methyl sites for hydroxylation is 1. The summed E-state index contributed by atoms with van der Waals surface area (Å²) in [5, 5.41) is 0. The Morgan fingerprint density at radius 1 is 0.967 bits per heavy atom. The van der Waals surface area contributed by atoms with E-state index in [-0.39, 0.29) is 22.9 Å². The molecule has 5 rings (SSSR count). The molecule has 30 heavy (non-hydrogen) atoms. The van der Waals surface area contributed by atoms with Crippen molar-refractivity contribution in [2.45, 2.75) is 85.5 Å². The molecule has 2 heteroatoms. The summed E-state index contributed by atoms with van der Waals surface area (Å²) in [6, 6.07) is 5.09. The molecule has 4 fully saturated rings. The number of Topliss-reactive ketones (excluding diaryl/α,β-unsaturated/α-hetero) is 1. The molecule has 4 aliphatic rings. The van der Waals surface area contributed by atoms with Gasteiger partial charge in [0.25, 0.3) is 0 Å². The molecule has 0 saturated heterocycles.